The monoisotopic (exact) mass is 340 g/mol. The van der Waals surface area contributed by atoms with Crippen LogP contribution in [0.2, 0.25) is 0 Å². The van der Waals surface area contributed by atoms with Gasteiger partial charge in [-0.05, 0) is 12.1 Å². The van der Waals surface area contributed by atoms with E-state index in [0.717, 1.165) is 29.7 Å². The van der Waals surface area contributed by atoms with Crippen LogP contribution in [0.1, 0.15) is 5.69 Å². The molecule has 7 nitrogen and oxygen atoms in total. The molecule has 0 radical (unpaired) electrons. The molecule has 3 aromatic rings. The molecule has 0 N–H and O–H groups in total. The molecule has 0 saturated carbocycles. The van der Waals surface area contributed by atoms with E-state index in [1.165, 1.54) is 0 Å². The van der Waals surface area contributed by atoms with Gasteiger partial charge in [-0.1, -0.05) is 0 Å². The minimum absolute atomic E-state index is 0.0220. The van der Waals surface area contributed by atoms with Crippen molar-refractivity contribution >= 4 is 34.2 Å². The molecule has 4 heterocycles. The molecule has 8 heteroatoms. The number of carbonyl (C=O) groups excluding carboxylic acids is 1. The lowest BCUT2D eigenvalue weighted by molar-refractivity contribution is -0.126. The van der Waals surface area contributed by atoms with Crippen molar-refractivity contribution in [3.05, 3.63) is 48.0 Å². The zero-order chi connectivity index (χ0) is 16.4. The second-order valence-electron chi connectivity index (χ2n) is 5.43. The van der Waals surface area contributed by atoms with Gasteiger partial charge in [0.15, 0.2) is 4.96 Å². The van der Waals surface area contributed by atoms with E-state index in [1.54, 1.807) is 42.1 Å². The van der Waals surface area contributed by atoms with E-state index in [-0.39, 0.29) is 5.91 Å². The average molecular weight is 340 g/mol. The van der Waals surface area contributed by atoms with Crippen LogP contribution >= 0.6 is 11.3 Å². The first-order valence-corrected chi connectivity index (χ1v) is 8.59. The van der Waals surface area contributed by atoms with Gasteiger partial charge >= 0.3 is 0 Å². The van der Waals surface area contributed by atoms with Crippen molar-refractivity contribution in [3.8, 4) is 0 Å². The highest BCUT2D eigenvalue weighted by molar-refractivity contribution is 7.15. The smallest absolute Gasteiger partial charge is 0.246 e. The lowest BCUT2D eigenvalue weighted by Gasteiger charge is -2.34. The molecule has 0 spiro atoms. The number of thiazole rings is 1. The van der Waals surface area contributed by atoms with Crippen LogP contribution in [-0.2, 0) is 4.79 Å². The molecule has 1 amide bonds. The van der Waals surface area contributed by atoms with Gasteiger partial charge in [0.25, 0.3) is 0 Å². The number of anilines is 1. The van der Waals surface area contributed by atoms with Gasteiger partial charge in [-0.25, -0.2) is 15.0 Å². The Morgan fingerprint density at radius 1 is 1.12 bits per heavy atom. The Kier molecular flexibility index (Phi) is 3.96. The van der Waals surface area contributed by atoms with Crippen LogP contribution in [-0.4, -0.2) is 56.3 Å². The maximum atomic E-state index is 12.4. The predicted octanol–water partition coefficient (Wildman–Crippen LogP) is 1.55. The van der Waals surface area contributed by atoms with Crippen LogP contribution in [0.4, 0.5) is 5.95 Å². The summed E-state index contributed by atoms with van der Waals surface area (Å²) < 4.78 is 1.97. The number of amides is 1. The topological polar surface area (TPSA) is 66.6 Å². The number of fused-ring (bicyclic) bond motifs is 1. The summed E-state index contributed by atoms with van der Waals surface area (Å²) >= 11 is 1.57. The largest absolute Gasteiger partial charge is 0.337 e. The van der Waals surface area contributed by atoms with E-state index in [1.807, 2.05) is 27.0 Å². The first-order chi connectivity index (χ1) is 11.8. The standard InChI is InChI=1S/C16H16N6OS/c23-14(3-2-13-12-19-16-22(13)10-11-24-16)20-6-8-21(9-7-20)15-17-4-1-5-18-15/h1-5,10-12H,6-9H2/b3-2+. The molecule has 3 aromatic heterocycles. The normalized spacial score (nSPS) is 15.5. The van der Waals surface area contributed by atoms with Crippen molar-refractivity contribution in [1.29, 1.82) is 0 Å². The minimum Gasteiger partial charge on any atom is -0.337 e. The summed E-state index contributed by atoms with van der Waals surface area (Å²) in [6.45, 7) is 2.82. The summed E-state index contributed by atoms with van der Waals surface area (Å²) in [7, 11) is 0. The number of aromatic nitrogens is 4. The molecule has 0 bridgehead atoms. The average Bonchev–Trinajstić information content (AvgIpc) is 3.25. The minimum atomic E-state index is 0.0220. The van der Waals surface area contributed by atoms with Gasteiger partial charge in [-0.2, -0.15) is 0 Å². The molecule has 1 aliphatic rings. The molecule has 0 atom stereocenters. The molecule has 4 rings (SSSR count). The van der Waals surface area contributed by atoms with Crippen molar-refractivity contribution in [1.82, 2.24) is 24.3 Å². The Balaban J connectivity index is 1.38. The highest BCUT2D eigenvalue weighted by atomic mass is 32.1. The van der Waals surface area contributed by atoms with E-state index in [2.05, 4.69) is 19.9 Å². The number of hydrogen-bond acceptors (Lipinski definition) is 6. The maximum absolute atomic E-state index is 12.4. The summed E-state index contributed by atoms with van der Waals surface area (Å²) in [5, 5.41) is 1.98. The van der Waals surface area contributed by atoms with Gasteiger partial charge in [0.1, 0.15) is 0 Å². The molecule has 0 aliphatic carbocycles. The van der Waals surface area contributed by atoms with Gasteiger partial charge in [-0.15, -0.1) is 11.3 Å². The number of carbonyl (C=O) groups is 1. The van der Waals surface area contributed by atoms with Crippen LogP contribution in [0.5, 0.6) is 0 Å². The Labute approximate surface area is 142 Å². The summed E-state index contributed by atoms with van der Waals surface area (Å²) in [6.07, 6.45) is 10.6. The highest BCUT2D eigenvalue weighted by Crippen LogP contribution is 2.14. The number of nitrogens with zero attached hydrogens (tertiary/aromatic N) is 6. The highest BCUT2D eigenvalue weighted by Gasteiger charge is 2.21. The van der Waals surface area contributed by atoms with Gasteiger partial charge in [-0.3, -0.25) is 9.20 Å². The zero-order valence-corrected chi connectivity index (χ0v) is 13.8. The Morgan fingerprint density at radius 2 is 1.92 bits per heavy atom. The van der Waals surface area contributed by atoms with E-state index < -0.39 is 0 Å². The van der Waals surface area contributed by atoms with E-state index >= 15 is 0 Å². The first-order valence-electron chi connectivity index (χ1n) is 7.71. The summed E-state index contributed by atoms with van der Waals surface area (Å²) in [4.78, 5) is 30.1. The third-order valence-electron chi connectivity index (χ3n) is 4.00. The van der Waals surface area contributed by atoms with Crippen LogP contribution in [0, 0.1) is 0 Å². The molecule has 122 valence electrons. The number of hydrogen-bond donors (Lipinski definition) is 0. The van der Waals surface area contributed by atoms with Crippen molar-refractivity contribution in [3.63, 3.8) is 0 Å². The summed E-state index contributed by atoms with van der Waals surface area (Å²) in [5.74, 6) is 0.744. The van der Waals surface area contributed by atoms with Crippen molar-refractivity contribution in [2.24, 2.45) is 0 Å². The predicted molar refractivity (Wildman–Crippen MR) is 92.9 cm³/mol. The molecular formula is C16H16N6OS. The van der Waals surface area contributed by atoms with E-state index in [9.17, 15) is 4.79 Å². The Hall–Kier alpha value is -2.74. The van der Waals surface area contributed by atoms with Crippen molar-refractivity contribution < 1.29 is 4.79 Å². The summed E-state index contributed by atoms with van der Waals surface area (Å²) in [6, 6.07) is 1.80. The van der Waals surface area contributed by atoms with Gasteiger partial charge < -0.3 is 9.80 Å². The number of rotatable bonds is 3. The Morgan fingerprint density at radius 3 is 2.71 bits per heavy atom. The molecule has 1 aliphatic heterocycles. The van der Waals surface area contributed by atoms with E-state index in [0.29, 0.717) is 13.1 Å². The van der Waals surface area contributed by atoms with Gasteiger partial charge in [0.2, 0.25) is 11.9 Å². The fourth-order valence-corrected chi connectivity index (χ4v) is 3.41. The van der Waals surface area contributed by atoms with E-state index in [4.69, 9.17) is 0 Å². The zero-order valence-electron chi connectivity index (χ0n) is 12.9. The Bertz CT molecular complexity index is 863. The lowest BCUT2D eigenvalue weighted by Crippen LogP contribution is -2.48. The second-order valence-corrected chi connectivity index (χ2v) is 6.31. The van der Waals surface area contributed by atoms with Crippen molar-refractivity contribution in [2.45, 2.75) is 0 Å². The molecular weight excluding hydrogens is 324 g/mol. The second kappa shape index (κ2) is 6.40. The number of piperazine rings is 1. The van der Waals surface area contributed by atoms with Gasteiger partial charge in [0, 0.05) is 56.2 Å². The lowest BCUT2D eigenvalue weighted by atomic mass is 10.3. The van der Waals surface area contributed by atoms with Crippen LogP contribution in [0.3, 0.4) is 0 Å². The molecule has 1 fully saturated rings. The SMILES string of the molecule is O=C(/C=C/c1cnc2sccn12)N1CCN(c2ncccn2)CC1. The van der Waals surface area contributed by atoms with Crippen molar-refractivity contribution in [2.75, 3.05) is 31.1 Å². The van der Waals surface area contributed by atoms with Gasteiger partial charge in [0.05, 0.1) is 11.9 Å². The fraction of sp³-hybridized carbons (Fsp3) is 0.250. The summed E-state index contributed by atoms with van der Waals surface area (Å²) in [5.41, 5.74) is 0.913. The first kappa shape index (κ1) is 14.8. The third kappa shape index (κ3) is 2.88. The molecule has 0 unspecified atom stereocenters. The third-order valence-corrected chi connectivity index (χ3v) is 4.77. The van der Waals surface area contributed by atoms with Crippen LogP contribution in [0.25, 0.3) is 11.0 Å². The molecule has 24 heavy (non-hydrogen) atoms. The molecule has 0 aromatic carbocycles. The molecule has 1 saturated heterocycles. The van der Waals surface area contributed by atoms with Crippen LogP contribution < -0.4 is 4.90 Å². The maximum Gasteiger partial charge on any atom is 0.246 e. The van der Waals surface area contributed by atoms with Crippen LogP contribution in [0.15, 0.2) is 42.3 Å². The number of imidazole rings is 1. The quantitative estimate of drug-likeness (QED) is 0.677. The fourth-order valence-electron chi connectivity index (χ4n) is 2.71.